The maximum atomic E-state index is 6.19. The Bertz CT molecular complexity index is 547. The number of aryl methyl sites for hydroxylation is 2. The summed E-state index contributed by atoms with van der Waals surface area (Å²) >= 11 is 0. The molecule has 0 atom stereocenters. The van der Waals surface area contributed by atoms with Crippen molar-refractivity contribution in [3.8, 4) is 5.75 Å². The summed E-state index contributed by atoms with van der Waals surface area (Å²) in [7, 11) is 1.39. The molecule has 0 unspecified atom stereocenters. The van der Waals surface area contributed by atoms with Gasteiger partial charge in [0.15, 0.2) is 0 Å². The molecule has 0 amide bonds. The number of rotatable bonds is 2. The molecule has 0 N–H and O–H groups in total. The molecule has 20 heavy (non-hydrogen) atoms. The van der Waals surface area contributed by atoms with E-state index in [1.54, 1.807) is 7.11 Å². The Balaban J connectivity index is 2.06. The Kier molecular flexibility index (Phi) is 2.97. The fourth-order valence-corrected chi connectivity index (χ4v) is 2.98. The largest absolute Gasteiger partial charge is 0.498 e. The molecule has 2 aliphatic rings. The molecule has 0 spiro atoms. The van der Waals surface area contributed by atoms with Crippen LogP contribution in [0.5, 0.6) is 5.75 Å². The van der Waals surface area contributed by atoms with Crippen molar-refractivity contribution in [3.63, 3.8) is 0 Å². The van der Waals surface area contributed by atoms with Crippen LogP contribution in [0.2, 0.25) is 0 Å². The Morgan fingerprint density at radius 1 is 1.10 bits per heavy atom. The first-order valence-electron chi connectivity index (χ1n) is 7.32. The van der Waals surface area contributed by atoms with E-state index in [-0.39, 0.29) is 18.3 Å². The van der Waals surface area contributed by atoms with Crippen LogP contribution in [0.1, 0.15) is 44.4 Å². The van der Waals surface area contributed by atoms with Gasteiger partial charge in [0.05, 0.1) is 18.3 Å². The van der Waals surface area contributed by atoms with Crippen LogP contribution in [0.15, 0.2) is 6.07 Å². The Labute approximate surface area is 121 Å². The van der Waals surface area contributed by atoms with Crippen LogP contribution in [-0.4, -0.2) is 25.4 Å². The topological polar surface area (TPSA) is 27.7 Å². The van der Waals surface area contributed by atoms with E-state index in [0.29, 0.717) is 0 Å². The average molecular weight is 274 g/mol. The van der Waals surface area contributed by atoms with Gasteiger partial charge in [0.2, 0.25) is 0 Å². The SMILES string of the molecule is COc1c2c(cc(C)c1B1OC(C)(C)C(C)(C)O1)CC2. The summed E-state index contributed by atoms with van der Waals surface area (Å²) in [4.78, 5) is 0. The van der Waals surface area contributed by atoms with E-state index in [9.17, 15) is 0 Å². The summed E-state index contributed by atoms with van der Waals surface area (Å²) in [5.74, 6) is 0.963. The Hall–Kier alpha value is -0.995. The predicted octanol–water partition coefficient (Wildman–Crippen LogP) is 2.40. The van der Waals surface area contributed by atoms with Gasteiger partial charge >= 0.3 is 7.12 Å². The molecule has 4 heteroatoms. The lowest BCUT2D eigenvalue weighted by molar-refractivity contribution is 0.00578. The maximum Gasteiger partial charge on any atom is 0.498 e. The van der Waals surface area contributed by atoms with Crippen LogP contribution >= 0.6 is 0 Å². The molecule has 1 aromatic carbocycles. The molecule has 3 rings (SSSR count). The smallest absolute Gasteiger partial charge is 0.497 e. The van der Waals surface area contributed by atoms with Crippen LogP contribution in [0.25, 0.3) is 0 Å². The number of ether oxygens (including phenoxy) is 1. The Morgan fingerprint density at radius 3 is 2.15 bits per heavy atom. The van der Waals surface area contributed by atoms with E-state index in [1.807, 2.05) is 0 Å². The van der Waals surface area contributed by atoms with Gasteiger partial charge in [-0.3, -0.25) is 0 Å². The molecule has 1 heterocycles. The van der Waals surface area contributed by atoms with Gasteiger partial charge in [-0.25, -0.2) is 0 Å². The van der Waals surface area contributed by atoms with Crippen molar-refractivity contribution in [1.29, 1.82) is 0 Å². The minimum atomic E-state index is -0.346. The first-order valence-corrected chi connectivity index (χ1v) is 7.32. The van der Waals surface area contributed by atoms with Gasteiger partial charge in [0.25, 0.3) is 0 Å². The third kappa shape index (κ3) is 1.81. The molecule has 1 fully saturated rings. The van der Waals surface area contributed by atoms with Crippen molar-refractivity contribution in [2.45, 2.75) is 58.7 Å². The molecule has 0 aromatic heterocycles. The molecule has 0 bridgehead atoms. The molecule has 1 aliphatic carbocycles. The molecule has 1 aromatic rings. The fourth-order valence-electron chi connectivity index (χ4n) is 2.98. The summed E-state index contributed by atoms with van der Waals surface area (Å²) in [6.07, 6.45) is 2.24. The van der Waals surface area contributed by atoms with Gasteiger partial charge in [-0.1, -0.05) is 6.07 Å². The van der Waals surface area contributed by atoms with Gasteiger partial charge < -0.3 is 14.0 Å². The standard InChI is InChI=1S/C16H23BO3/c1-10-9-11-7-8-12(11)14(18-6)13(10)17-19-15(2,3)16(4,5)20-17/h9H,7-8H2,1-6H3. The van der Waals surface area contributed by atoms with E-state index in [4.69, 9.17) is 14.0 Å². The summed E-state index contributed by atoms with van der Waals surface area (Å²) in [5.41, 5.74) is 4.33. The van der Waals surface area contributed by atoms with Gasteiger partial charge in [-0.2, -0.15) is 0 Å². The quantitative estimate of drug-likeness (QED) is 0.775. The first kappa shape index (κ1) is 14.0. The monoisotopic (exact) mass is 274 g/mol. The molecule has 1 aliphatic heterocycles. The molecule has 0 saturated carbocycles. The summed E-state index contributed by atoms with van der Waals surface area (Å²) < 4.78 is 18.1. The van der Waals surface area contributed by atoms with Gasteiger partial charge in [0, 0.05) is 5.46 Å². The third-order valence-electron chi connectivity index (χ3n) is 5.06. The lowest BCUT2D eigenvalue weighted by Crippen LogP contribution is -2.41. The van der Waals surface area contributed by atoms with Crippen molar-refractivity contribution in [2.24, 2.45) is 0 Å². The van der Waals surface area contributed by atoms with Crippen LogP contribution in [-0.2, 0) is 22.2 Å². The summed E-state index contributed by atoms with van der Waals surface area (Å²) in [5, 5.41) is 0. The lowest BCUT2D eigenvalue weighted by atomic mass is 9.71. The minimum Gasteiger partial charge on any atom is -0.497 e. The van der Waals surface area contributed by atoms with E-state index < -0.39 is 0 Å². The summed E-state index contributed by atoms with van der Waals surface area (Å²) in [6, 6.07) is 2.25. The molecule has 1 saturated heterocycles. The van der Waals surface area contributed by atoms with Gasteiger partial charge in [-0.15, -0.1) is 0 Å². The highest BCUT2D eigenvalue weighted by molar-refractivity contribution is 6.63. The van der Waals surface area contributed by atoms with Crippen molar-refractivity contribution < 1.29 is 14.0 Å². The number of methoxy groups -OCH3 is 1. The average Bonchev–Trinajstić information content (AvgIpc) is 2.51. The second-order valence-corrected chi connectivity index (χ2v) is 6.87. The van der Waals surface area contributed by atoms with Crippen LogP contribution < -0.4 is 10.2 Å². The van der Waals surface area contributed by atoms with Crippen molar-refractivity contribution in [1.82, 2.24) is 0 Å². The third-order valence-corrected chi connectivity index (χ3v) is 5.06. The zero-order valence-electron chi connectivity index (χ0n) is 13.3. The van der Waals surface area contributed by atoms with Gasteiger partial charge in [-0.05, 0) is 64.2 Å². The normalized spacial score (nSPS) is 22.4. The minimum absolute atomic E-state index is 0.321. The lowest BCUT2D eigenvalue weighted by Gasteiger charge is -2.32. The van der Waals surface area contributed by atoms with Crippen molar-refractivity contribution in [3.05, 3.63) is 22.8 Å². The predicted molar refractivity (Wildman–Crippen MR) is 80.9 cm³/mol. The maximum absolute atomic E-state index is 6.19. The highest BCUT2D eigenvalue weighted by Gasteiger charge is 2.53. The van der Waals surface area contributed by atoms with E-state index in [0.717, 1.165) is 24.1 Å². The highest BCUT2D eigenvalue weighted by atomic mass is 16.7. The number of benzene rings is 1. The molecular weight excluding hydrogens is 251 g/mol. The molecule has 3 nitrogen and oxygen atoms in total. The molecule has 108 valence electrons. The number of hydrogen-bond donors (Lipinski definition) is 0. The second kappa shape index (κ2) is 4.25. The first-order chi connectivity index (χ1) is 9.27. The zero-order chi connectivity index (χ0) is 14.7. The number of fused-ring (bicyclic) bond motifs is 1. The van der Waals surface area contributed by atoms with Crippen molar-refractivity contribution in [2.75, 3.05) is 7.11 Å². The van der Waals surface area contributed by atoms with E-state index in [1.165, 1.54) is 16.7 Å². The van der Waals surface area contributed by atoms with Crippen LogP contribution in [0.3, 0.4) is 0 Å². The molecular formula is C16H23BO3. The van der Waals surface area contributed by atoms with Gasteiger partial charge in [0.1, 0.15) is 5.75 Å². The van der Waals surface area contributed by atoms with Crippen molar-refractivity contribution >= 4 is 12.6 Å². The second-order valence-electron chi connectivity index (χ2n) is 6.87. The molecule has 0 radical (unpaired) electrons. The Morgan fingerprint density at radius 2 is 1.70 bits per heavy atom. The van der Waals surface area contributed by atoms with Crippen LogP contribution in [0, 0.1) is 6.92 Å². The fraction of sp³-hybridized carbons (Fsp3) is 0.625. The van der Waals surface area contributed by atoms with E-state index in [2.05, 4.69) is 40.7 Å². The highest BCUT2D eigenvalue weighted by Crippen LogP contribution is 2.39. The van der Waals surface area contributed by atoms with E-state index >= 15 is 0 Å². The summed E-state index contributed by atoms with van der Waals surface area (Å²) in [6.45, 7) is 10.4. The van der Waals surface area contributed by atoms with Crippen LogP contribution in [0.4, 0.5) is 0 Å². The number of hydrogen-bond acceptors (Lipinski definition) is 3. The zero-order valence-corrected chi connectivity index (χ0v) is 13.3.